The number of nitrogens with zero attached hydrogens (tertiary/aromatic N) is 1. The Morgan fingerprint density at radius 3 is 2.56 bits per heavy atom. The highest BCUT2D eigenvalue weighted by atomic mass is 16.1. The average Bonchev–Trinajstić information content (AvgIpc) is 2.19. The Labute approximate surface area is 98.9 Å². The SMILES string of the molecule is C=C(C)C(=O)NC1CCN(C)C(C)(C)C1C. The minimum Gasteiger partial charge on any atom is -0.349 e. The normalized spacial score (nSPS) is 29.8. The lowest BCUT2D eigenvalue weighted by Gasteiger charge is -2.49. The number of piperidine rings is 1. The highest BCUT2D eigenvalue weighted by molar-refractivity contribution is 5.92. The molecule has 1 rings (SSSR count). The van der Waals surface area contributed by atoms with Crippen LogP contribution in [-0.4, -0.2) is 36.0 Å². The van der Waals surface area contributed by atoms with E-state index in [0.29, 0.717) is 11.5 Å². The lowest BCUT2D eigenvalue weighted by Crippen LogP contribution is -2.59. The molecule has 1 fully saturated rings. The van der Waals surface area contributed by atoms with E-state index in [1.54, 1.807) is 6.92 Å². The van der Waals surface area contributed by atoms with Gasteiger partial charge in [-0.2, -0.15) is 0 Å². The van der Waals surface area contributed by atoms with Crippen molar-refractivity contribution in [3.63, 3.8) is 0 Å². The van der Waals surface area contributed by atoms with Gasteiger partial charge in [0.15, 0.2) is 0 Å². The highest BCUT2D eigenvalue weighted by Gasteiger charge is 2.39. The molecule has 0 bridgehead atoms. The number of carbonyl (C=O) groups excluding carboxylic acids is 1. The van der Waals surface area contributed by atoms with Crippen LogP contribution in [0.4, 0.5) is 0 Å². The molecule has 1 aliphatic rings. The average molecular weight is 224 g/mol. The van der Waals surface area contributed by atoms with Crippen LogP contribution < -0.4 is 5.32 Å². The summed E-state index contributed by atoms with van der Waals surface area (Å²) >= 11 is 0. The van der Waals surface area contributed by atoms with Gasteiger partial charge in [0.25, 0.3) is 0 Å². The van der Waals surface area contributed by atoms with E-state index in [0.717, 1.165) is 13.0 Å². The molecule has 1 saturated heterocycles. The molecule has 1 heterocycles. The van der Waals surface area contributed by atoms with Crippen LogP contribution in [-0.2, 0) is 4.79 Å². The quantitative estimate of drug-likeness (QED) is 0.725. The van der Waals surface area contributed by atoms with Crippen LogP contribution in [0.15, 0.2) is 12.2 Å². The fourth-order valence-electron chi connectivity index (χ4n) is 2.20. The number of nitrogens with one attached hydrogen (secondary N) is 1. The van der Waals surface area contributed by atoms with E-state index in [2.05, 4.69) is 44.6 Å². The molecule has 0 spiro atoms. The van der Waals surface area contributed by atoms with Crippen LogP contribution in [0.3, 0.4) is 0 Å². The summed E-state index contributed by atoms with van der Waals surface area (Å²) in [5.74, 6) is 0.423. The lowest BCUT2D eigenvalue weighted by molar-refractivity contribution is -0.119. The zero-order valence-electron chi connectivity index (χ0n) is 11.1. The maximum absolute atomic E-state index is 11.6. The summed E-state index contributed by atoms with van der Waals surface area (Å²) in [6.45, 7) is 13.1. The molecule has 0 aliphatic carbocycles. The Hall–Kier alpha value is -0.830. The van der Waals surface area contributed by atoms with Gasteiger partial charge in [-0.3, -0.25) is 4.79 Å². The molecule has 3 heteroatoms. The Morgan fingerprint density at radius 2 is 2.06 bits per heavy atom. The summed E-state index contributed by atoms with van der Waals surface area (Å²) in [5.41, 5.74) is 0.717. The summed E-state index contributed by atoms with van der Waals surface area (Å²) in [6.07, 6.45) is 1.01. The summed E-state index contributed by atoms with van der Waals surface area (Å²) in [4.78, 5) is 14.0. The number of rotatable bonds is 2. The molecule has 0 saturated carbocycles. The first-order valence-corrected chi connectivity index (χ1v) is 5.94. The van der Waals surface area contributed by atoms with Crippen LogP contribution in [0.5, 0.6) is 0 Å². The molecule has 1 amide bonds. The summed E-state index contributed by atoms with van der Waals surface area (Å²) in [5, 5.41) is 3.08. The van der Waals surface area contributed by atoms with Gasteiger partial charge in [0.05, 0.1) is 0 Å². The lowest BCUT2D eigenvalue weighted by atomic mass is 9.77. The molecule has 0 aromatic heterocycles. The molecule has 0 aromatic carbocycles. The van der Waals surface area contributed by atoms with Crippen molar-refractivity contribution >= 4 is 5.91 Å². The summed E-state index contributed by atoms with van der Waals surface area (Å²) in [6, 6.07) is 0.260. The van der Waals surface area contributed by atoms with E-state index in [-0.39, 0.29) is 17.5 Å². The van der Waals surface area contributed by atoms with E-state index in [1.807, 2.05) is 0 Å². The molecule has 16 heavy (non-hydrogen) atoms. The van der Waals surface area contributed by atoms with Crippen molar-refractivity contribution in [3.05, 3.63) is 12.2 Å². The number of carbonyl (C=O) groups is 1. The first-order valence-electron chi connectivity index (χ1n) is 5.94. The molecule has 3 nitrogen and oxygen atoms in total. The Balaban J connectivity index is 2.70. The van der Waals surface area contributed by atoms with E-state index in [9.17, 15) is 4.79 Å². The summed E-state index contributed by atoms with van der Waals surface area (Å²) < 4.78 is 0. The minimum absolute atomic E-state index is 0.0165. The second-order valence-electron chi connectivity index (χ2n) is 5.51. The van der Waals surface area contributed by atoms with Gasteiger partial charge in [0, 0.05) is 23.7 Å². The molecule has 1 aliphatic heterocycles. The Morgan fingerprint density at radius 1 is 1.50 bits per heavy atom. The zero-order valence-corrected chi connectivity index (χ0v) is 11.1. The maximum atomic E-state index is 11.6. The molecule has 0 aromatic rings. The zero-order chi connectivity index (χ0) is 12.5. The third kappa shape index (κ3) is 2.46. The molecule has 1 N–H and O–H groups in total. The van der Waals surface area contributed by atoms with Crippen molar-refractivity contribution in [2.45, 2.75) is 45.7 Å². The fourth-order valence-corrected chi connectivity index (χ4v) is 2.20. The van der Waals surface area contributed by atoms with Crippen LogP contribution in [0.25, 0.3) is 0 Å². The Bertz CT molecular complexity index is 296. The van der Waals surface area contributed by atoms with Gasteiger partial charge in [0.2, 0.25) is 5.91 Å². The first kappa shape index (κ1) is 13.2. The van der Waals surface area contributed by atoms with Crippen LogP contribution in [0.2, 0.25) is 0 Å². The van der Waals surface area contributed by atoms with Gasteiger partial charge in [-0.1, -0.05) is 13.5 Å². The van der Waals surface area contributed by atoms with Crippen molar-refractivity contribution in [3.8, 4) is 0 Å². The summed E-state index contributed by atoms with van der Waals surface area (Å²) in [7, 11) is 2.15. The molecular weight excluding hydrogens is 200 g/mol. The fraction of sp³-hybridized carbons (Fsp3) is 0.769. The standard InChI is InChI=1S/C13H24N2O/c1-9(2)12(16)14-11-7-8-15(6)13(4,5)10(11)3/h10-11H,1,7-8H2,2-6H3,(H,14,16). The predicted molar refractivity (Wildman–Crippen MR) is 67.2 cm³/mol. The van der Waals surface area contributed by atoms with Crippen LogP contribution in [0, 0.1) is 5.92 Å². The van der Waals surface area contributed by atoms with Gasteiger partial charge >= 0.3 is 0 Å². The van der Waals surface area contributed by atoms with Gasteiger partial charge in [-0.25, -0.2) is 0 Å². The Kier molecular flexibility index (Phi) is 3.79. The monoisotopic (exact) mass is 224 g/mol. The largest absolute Gasteiger partial charge is 0.349 e. The smallest absolute Gasteiger partial charge is 0.246 e. The van der Waals surface area contributed by atoms with Crippen molar-refractivity contribution in [1.29, 1.82) is 0 Å². The third-order valence-corrected chi connectivity index (χ3v) is 4.18. The number of likely N-dealkylation sites (tertiary alicyclic amines) is 1. The van der Waals surface area contributed by atoms with Gasteiger partial charge < -0.3 is 10.2 Å². The van der Waals surface area contributed by atoms with E-state index in [4.69, 9.17) is 0 Å². The molecule has 2 atom stereocenters. The maximum Gasteiger partial charge on any atom is 0.246 e. The molecule has 92 valence electrons. The van der Waals surface area contributed by atoms with E-state index < -0.39 is 0 Å². The van der Waals surface area contributed by atoms with E-state index >= 15 is 0 Å². The number of amides is 1. The number of hydrogen-bond donors (Lipinski definition) is 1. The van der Waals surface area contributed by atoms with Crippen molar-refractivity contribution in [2.75, 3.05) is 13.6 Å². The topological polar surface area (TPSA) is 32.3 Å². The molecular formula is C13H24N2O. The third-order valence-electron chi connectivity index (χ3n) is 4.18. The second-order valence-corrected chi connectivity index (χ2v) is 5.51. The van der Waals surface area contributed by atoms with Crippen molar-refractivity contribution in [1.82, 2.24) is 10.2 Å². The van der Waals surface area contributed by atoms with Crippen LogP contribution in [0.1, 0.15) is 34.1 Å². The van der Waals surface area contributed by atoms with Crippen LogP contribution >= 0.6 is 0 Å². The van der Waals surface area contributed by atoms with Crippen molar-refractivity contribution in [2.24, 2.45) is 5.92 Å². The van der Waals surface area contributed by atoms with Gasteiger partial charge in [-0.05, 0) is 40.2 Å². The van der Waals surface area contributed by atoms with E-state index in [1.165, 1.54) is 0 Å². The van der Waals surface area contributed by atoms with Gasteiger partial charge in [-0.15, -0.1) is 0 Å². The number of hydrogen-bond acceptors (Lipinski definition) is 2. The molecule has 2 unspecified atom stereocenters. The minimum atomic E-state index is -0.0165. The van der Waals surface area contributed by atoms with Crippen molar-refractivity contribution < 1.29 is 4.79 Å². The molecule has 0 radical (unpaired) electrons. The highest BCUT2D eigenvalue weighted by Crippen LogP contribution is 2.31. The first-order chi connectivity index (χ1) is 7.26. The van der Waals surface area contributed by atoms with Gasteiger partial charge in [0.1, 0.15) is 0 Å². The predicted octanol–water partition coefficient (Wildman–Crippen LogP) is 1.80. The second kappa shape index (κ2) is 4.58.